The van der Waals surface area contributed by atoms with Gasteiger partial charge >= 0.3 is 0 Å². The normalized spacial score (nSPS) is 10.9. The first kappa shape index (κ1) is 86.0. The number of thiophene rings is 4. The molecule has 600 valence electrons. The van der Waals surface area contributed by atoms with E-state index in [0.29, 0.717) is 75.7 Å². The molecule has 0 radical (unpaired) electrons. The summed E-state index contributed by atoms with van der Waals surface area (Å²) in [6.07, 6.45) is 11.8. The number of anilines is 6. The van der Waals surface area contributed by atoms with Crippen molar-refractivity contribution >= 4 is 147 Å². The van der Waals surface area contributed by atoms with Crippen molar-refractivity contribution in [3.05, 3.63) is 374 Å². The number of hydrogen-bond acceptors (Lipinski definition) is 14. The molecule has 0 unspecified atom stereocenters. The summed E-state index contributed by atoms with van der Waals surface area (Å²) < 4.78 is 45.2. The molecule has 23 heteroatoms. The average molecular weight is 1710 g/mol. The second kappa shape index (κ2) is 41.2. The van der Waals surface area contributed by atoms with Gasteiger partial charge in [0.05, 0.1) is 55.2 Å². The van der Waals surface area contributed by atoms with Crippen molar-refractivity contribution < 1.29 is 36.4 Å². The van der Waals surface area contributed by atoms with E-state index in [1.165, 1.54) is 83.2 Å². The number of nitrogens with zero attached hydrogens (tertiary/aromatic N) is 4. The SMILES string of the molecule is CC(C)Cc1ccc(-c2ccc(C(=O)Nc3ccc(Cl)cc3)s2)cc1.CC(C)c1ccc(-c2ccc(N(c3ccncc3)S(C)(=O)=O)o2)cc1.CC(C)c1cccc(-c2ccc(C(=O)Nc3cccnc3)s2)c1.O=C(Nc1ccc(Cl)cc1)c1ccc(-c2ccc3ccccc3c2)s1.O=C(Nc1cccnc1)c1ccc(-c2ccccc2F)s1. The lowest BCUT2D eigenvalue weighted by molar-refractivity contribution is 0.102. The van der Waals surface area contributed by atoms with Gasteiger partial charge in [-0.1, -0.05) is 192 Å². The van der Waals surface area contributed by atoms with Gasteiger partial charge in [0.2, 0.25) is 15.9 Å². The topological polar surface area (TPSA) is 206 Å². The maximum atomic E-state index is 13.7. The van der Waals surface area contributed by atoms with E-state index in [2.05, 4.69) is 169 Å². The van der Waals surface area contributed by atoms with Crippen LogP contribution in [0.1, 0.15) is 109 Å². The highest BCUT2D eigenvalue weighted by Crippen LogP contribution is 2.38. The minimum Gasteiger partial charge on any atom is -0.439 e. The second-order valence-electron chi connectivity index (χ2n) is 28.2. The summed E-state index contributed by atoms with van der Waals surface area (Å²) in [6.45, 7) is 13.1. The van der Waals surface area contributed by atoms with Gasteiger partial charge in [-0.2, -0.15) is 0 Å². The molecule has 119 heavy (non-hydrogen) atoms. The van der Waals surface area contributed by atoms with Crippen LogP contribution in [-0.4, -0.2) is 53.3 Å². The van der Waals surface area contributed by atoms with Crippen LogP contribution in [0.2, 0.25) is 10.0 Å². The van der Waals surface area contributed by atoms with Crippen LogP contribution in [0.3, 0.4) is 0 Å². The van der Waals surface area contributed by atoms with Crippen LogP contribution < -0.4 is 25.6 Å². The van der Waals surface area contributed by atoms with Gasteiger partial charge in [0, 0.05) is 82.9 Å². The Hall–Kier alpha value is -12.3. The largest absolute Gasteiger partial charge is 0.439 e. The van der Waals surface area contributed by atoms with Crippen LogP contribution in [0, 0.1) is 11.7 Å². The quantitative estimate of drug-likeness (QED) is 0.0568. The second-order valence-corrected chi connectivity index (χ2v) is 35.3. The van der Waals surface area contributed by atoms with E-state index in [-0.39, 0.29) is 35.3 Å². The van der Waals surface area contributed by atoms with E-state index in [0.717, 1.165) is 65.8 Å². The summed E-state index contributed by atoms with van der Waals surface area (Å²) in [5.74, 6) is 1.62. The molecule has 0 aliphatic heterocycles. The van der Waals surface area contributed by atoms with Gasteiger partial charge in [-0.3, -0.25) is 34.1 Å². The van der Waals surface area contributed by atoms with Gasteiger partial charge in [-0.15, -0.1) is 45.3 Å². The molecule has 16 aromatic rings. The fourth-order valence-electron chi connectivity index (χ4n) is 12.1. The number of furan rings is 1. The Labute approximate surface area is 718 Å². The summed E-state index contributed by atoms with van der Waals surface area (Å²) in [4.78, 5) is 67.7. The number of nitrogens with one attached hydrogen (secondary N) is 4. The summed E-state index contributed by atoms with van der Waals surface area (Å²) in [5, 5.41) is 15.1. The maximum absolute atomic E-state index is 13.7. The molecule has 0 aliphatic carbocycles. The Morgan fingerprint density at radius 2 is 0.874 bits per heavy atom. The molecule has 0 saturated heterocycles. The zero-order valence-electron chi connectivity index (χ0n) is 65.9. The number of fused-ring (bicyclic) bond motifs is 1. The van der Waals surface area contributed by atoms with Gasteiger partial charge in [-0.25, -0.2) is 17.1 Å². The highest BCUT2D eigenvalue weighted by molar-refractivity contribution is 7.92. The first-order chi connectivity index (χ1) is 57.4. The number of carbonyl (C=O) groups excluding carboxylic acids is 4. The van der Waals surface area contributed by atoms with Gasteiger partial charge in [0.15, 0.2) is 0 Å². The third-order valence-corrected chi connectivity index (χ3v) is 24.2. The van der Waals surface area contributed by atoms with Crippen molar-refractivity contribution in [3.8, 4) is 53.1 Å². The number of carbonyl (C=O) groups is 4. The predicted molar refractivity (Wildman–Crippen MR) is 492 cm³/mol. The Morgan fingerprint density at radius 1 is 0.412 bits per heavy atom. The average Bonchev–Trinajstić information content (AvgIpc) is 1.70. The summed E-state index contributed by atoms with van der Waals surface area (Å²) >= 11 is 17.5. The molecular formula is C96H83Cl2FN8O7S5. The summed E-state index contributed by atoms with van der Waals surface area (Å²) in [7, 11) is -3.55. The lowest BCUT2D eigenvalue weighted by atomic mass is 10.0. The van der Waals surface area contributed by atoms with Crippen molar-refractivity contribution in [1.82, 2.24) is 15.0 Å². The predicted octanol–water partition coefficient (Wildman–Crippen LogP) is 26.9. The van der Waals surface area contributed by atoms with Gasteiger partial charge in [-0.05, 0) is 220 Å². The van der Waals surface area contributed by atoms with Crippen molar-refractivity contribution in [2.45, 2.75) is 59.8 Å². The van der Waals surface area contributed by atoms with Crippen LogP contribution >= 0.6 is 68.5 Å². The Morgan fingerprint density at radius 3 is 1.37 bits per heavy atom. The number of aromatic nitrogens is 3. The fraction of sp³-hybridized carbons (Fsp3) is 0.115. The molecule has 8 aromatic carbocycles. The smallest absolute Gasteiger partial charge is 0.265 e. The standard InChI is InChI=1S/C21H14ClNOS.C21H20ClNOS.C19H20N2O3S.C19H18N2OS.C16H11FN2OS/c22-17-7-9-18(10-8-17)23-21(24)20-12-11-19(25-20)16-6-5-14-3-1-2-4-15(14)13-16;1-14(2)13-15-3-5-16(6-4-15)19-11-12-20(25-19)21(24)23-18-9-7-17(22)8-10-18;1-14(2)15-4-6-16(7-5-15)18-8-9-19(24-18)21(25(3,22)23)17-10-12-20-13-11-17;1-13(2)14-5-3-6-15(11-14)17-8-9-18(23-17)19(22)21-16-7-4-10-20-12-16;17-13-6-2-1-5-12(13)14-7-8-15(21-14)16(20)19-11-4-3-9-18-10-11/h1-13H,(H,23,24);3-12,14H,13H2,1-2H3,(H,23,24);4-14H,1-3H3;3-13H,1-2H3,(H,21,22);1-10H,(H,19,20). The lowest BCUT2D eigenvalue weighted by Crippen LogP contribution is -2.24. The van der Waals surface area contributed by atoms with E-state index in [9.17, 15) is 32.0 Å². The molecule has 0 atom stereocenters. The minimum atomic E-state index is -3.55. The van der Waals surface area contributed by atoms with E-state index < -0.39 is 10.0 Å². The van der Waals surface area contributed by atoms with Crippen LogP contribution in [0.15, 0.2) is 327 Å². The van der Waals surface area contributed by atoms with Crippen molar-refractivity contribution in [2.24, 2.45) is 5.92 Å². The highest BCUT2D eigenvalue weighted by atomic mass is 35.5. The number of amides is 4. The fourth-order valence-corrected chi connectivity index (χ4v) is 16.9. The van der Waals surface area contributed by atoms with Crippen molar-refractivity contribution in [1.29, 1.82) is 0 Å². The molecular weight excluding hydrogens is 1630 g/mol. The molecule has 16 rings (SSSR count). The first-order valence-electron chi connectivity index (χ1n) is 37.9. The van der Waals surface area contributed by atoms with Crippen molar-refractivity contribution in [2.75, 3.05) is 31.8 Å². The Kier molecular flexibility index (Phi) is 29.8. The summed E-state index contributed by atoms with van der Waals surface area (Å²) in [6, 6.07) is 89.3. The lowest BCUT2D eigenvalue weighted by Gasteiger charge is -2.19. The van der Waals surface area contributed by atoms with Crippen LogP contribution in [0.25, 0.3) is 63.9 Å². The zero-order valence-corrected chi connectivity index (χ0v) is 71.5. The van der Waals surface area contributed by atoms with Crippen LogP contribution in [-0.2, 0) is 16.4 Å². The number of hydrogen-bond donors (Lipinski definition) is 4. The molecule has 0 spiro atoms. The summed E-state index contributed by atoms with van der Waals surface area (Å²) in [5.41, 5.74) is 12.0. The molecule has 8 heterocycles. The molecule has 0 fully saturated rings. The zero-order chi connectivity index (χ0) is 84.0. The highest BCUT2D eigenvalue weighted by Gasteiger charge is 2.24. The van der Waals surface area contributed by atoms with Crippen molar-refractivity contribution in [3.63, 3.8) is 0 Å². The Balaban J connectivity index is 0.000000137. The number of halogens is 3. The maximum Gasteiger partial charge on any atom is 0.265 e. The molecule has 4 amide bonds. The van der Waals surface area contributed by atoms with E-state index >= 15 is 0 Å². The van der Waals surface area contributed by atoms with Gasteiger partial charge in [0.1, 0.15) is 11.6 Å². The van der Waals surface area contributed by atoms with Crippen LogP contribution in [0.5, 0.6) is 0 Å². The molecule has 15 nitrogen and oxygen atoms in total. The molecule has 4 N–H and O–H groups in total. The molecule has 8 aromatic heterocycles. The van der Waals surface area contributed by atoms with E-state index in [4.69, 9.17) is 27.6 Å². The van der Waals surface area contributed by atoms with E-state index in [1.54, 1.807) is 159 Å². The first-order valence-corrected chi connectivity index (χ1v) is 43.8. The van der Waals surface area contributed by atoms with Gasteiger partial charge < -0.3 is 25.7 Å². The van der Waals surface area contributed by atoms with E-state index in [1.807, 2.05) is 66.7 Å². The molecule has 0 bridgehead atoms. The number of pyridine rings is 3. The Bertz CT molecular complexity index is 6180. The molecule has 0 saturated carbocycles. The number of rotatable bonds is 20. The number of benzene rings is 8. The third kappa shape index (κ3) is 24.4. The number of sulfonamides is 1. The van der Waals surface area contributed by atoms with Gasteiger partial charge in [0.25, 0.3) is 23.6 Å². The molecule has 0 aliphatic rings. The third-order valence-electron chi connectivity index (χ3n) is 18.1. The minimum absolute atomic E-state index is 0.102. The monoisotopic (exact) mass is 1710 g/mol. The van der Waals surface area contributed by atoms with Crippen LogP contribution in [0.4, 0.5) is 38.7 Å².